The molecular weight excluding hydrogens is 659 g/mol. The van der Waals surface area contributed by atoms with Gasteiger partial charge in [0, 0.05) is 32.1 Å². The number of fused-ring (bicyclic) bond motifs is 6. The van der Waals surface area contributed by atoms with Crippen LogP contribution in [0.1, 0.15) is 25.0 Å². The lowest BCUT2D eigenvalue weighted by Gasteiger charge is -2.26. The van der Waals surface area contributed by atoms with E-state index in [0.29, 0.717) is 0 Å². The highest BCUT2D eigenvalue weighted by Crippen LogP contribution is 2.56. The normalized spacial score (nSPS) is 12.9. The van der Waals surface area contributed by atoms with Crippen molar-refractivity contribution in [3.63, 3.8) is 0 Å². The summed E-state index contributed by atoms with van der Waals surface area (Å²) in [5.41, 5.74) is 14.9. The van der Waals surface area contributed by atoms with Gasteiger partial charge in [-0.2, -0.15) is 0 Å². The Kier molecular flexibility index (Phi) is 7.42. The fraction of sp³-hybridized carbons (Fsp3) is 0.0588. The van der Waals surface area contributed by atoms with Crippen molar-refractivity contribution in [1.29, 1.82) is 0 Å². The Hall–Kier alpha value is -6.22. The fourth-order valence-electron chi connectivity index (χ4n) is 8.31. The van der Waals surface area contributed by atoms with Crippen LogP contribution in [0.5, 0.6) is 0 Å². The summed E-state index contributed by atoms with van der Waals surface area (Å²) in [5.74, 6) is 0. The number of thiophene rings is 1. The van der Waals surface area contributed by atoms with E-state index < -0.39 is 0 Å². The number of rotatable bonds is 6. The van der Waals surface area contributed by atoms with Gasteiger partial charge in [0.2, 0.25) is 0 Å². The number of hydrogen-bond acceptors (Lipinski definition) is 2. The standard InChI is InChI=1S/C51H37NS/c1-51(2)47-33-41(24-30-45(47)50-49(51)46-17-8-9-18-48(46)53-50)39-16-10-15-38(31-39)37-21-27-43(28-22-37)52(44-29-23-35-13-6-7-14-40(35)32-44)42-25-19-36(20-26-42)34-11-4-3-5-12-34/h3-33H,1-2H3. The van der Waals surface area contributed by atoms with Gasteiger partial charge in [-0.05, 0) is 121 Å². The lowest BCUT2D eigenvalue weighted by atomic mass is 9.80. The number of anilines is 3. The van der Waals surface area contributed by atoms with Crippen molar-refractivity contribution >= 4 is 49.3 Å². The summed E-state index contributed by atoms with van der Waals surface area (Å²) in [7, 11) is 0. The van der Waals surface area contributed by atoms with Crippen LogP contribution < -0.4 is 4.90 Å². The van der Waals surface area contributed by atoms with E-state index >= 15 is 0 Å². The minimum atomic E-state index is -0.0491. The summed E-state index contributed by atoms with van der Waals surface area (Å²) in [6, 6.07) is 68.8. The molecule has 0 unspecified atom stereocenters. The molecule has 0 radical (unpaired) electrons. The van der Waals surface area contributed by atoms with Gasteiger partial charge in [0.15, 0.2) is 0 Å². The number of hydrogen-bond donors (Lipinski definition) is 0. The molecule has 0 saturated carbocycles. The molecule has 0 amide bonds. The molecule has 0 bridgehead atoms. The molecule has 0 fully saturated rings. The Morgan fingerprint density at radius 3 is 1.72 bits per heavy atom. The Morgan fingerprint density at radius 2 is 0.962 bits per heavy atom. The average molecular weight is 696 g/mol. The van der Waals surface area contributed by atoms with Gasteiger partial charge in [-0.1, -0.05) is 147 Å². The maximum atomic E-state index is 2.43. The van der Waals surface area contributed by atoms with Gasteiger partial charge in [-0.3, -0.25) is 0 Å². The van der Waals surface area contributed by atoms with Gasteiger partial charge in [-0.25, -0.2) is 0 Å². The molecule has 1 aliphatic carbocycles. The molecular formula is C51H37NS. The number of benzene rings is 8. The molecule has 8 aromatic carbocycles. The first-order valence-electron chi connectivity index (χ1n) is 18.3. The maximum absolute atomic E-state index is 2.43. The van der Waals surface area contributed by atoms with E-state index in [9.17, 15) is 0 Å². The van der Waals surface area contributed by atoms with Crippen molar-refractivity contribution in [2.45, 2.75) is 19.3 Å². The monoisotopic (exact) mass is 695 g/mol. The van der Waals surface area contributed by atoms with Crippen molar-refractivity contribution in [3.8, 4) is 43.8 Å². The summed E-state index contributed by atoms with van der Waals surface area (Å²) < 4.78 is 1.38. The minimum Gasteiger partial charge on any atom is -0.310 e. The van der Waals surface area contributed by atoms with E-state index in [0.717, 1.165) is 17.1 Å². The predicted octanol–water partition coefficient (Wildman–Crippen LogP) is 14.8. The first-order chi connectivity index (χ1) is 26.0. The van der Waals surface area contributed by atoms with Crippen LogP contribution in [0, 0.1) is 0 Å². The molecule has 1 aromatic heterocycles. The Bertz CT molecular complexity index is 2790. The Balaban J connectivity index is 0.992. The predicted molar refractivity (Wildman–Crippen MR) is 228 cm³/mol. The van der Waals surface area contributed by atoms with Crippen molar-refractivity contribution in [2.75, 3.05) is 4.90 Å². The summed E-state index contributed by atoms with van der Waals surface area (Å²) in [5, 5.41) is 3.86. The highest BCUT2D eigenvalue weighted by atomic mass is 32.1. The summed E-state index contributed by atoms with van der Waals surface area (Å²) in [6.07, 6.45) is 0. The second-order valence-electron chi connectivity index (χ2n) is 14.6. The summed E-state index contributed by atoms with van der Waals surface area (Å²) in [4.78, 5) is 3.78. The average Bonchev–Trinajstić information content (AvgIpc) is 3.71. The molecule has 0 spiro atoms. The van der Waals surface area contributed by atoms with E-state index in [-0.39, 0.29) is 5.41 Å². The first-order valence-corrected chi connectivity index (χ1v) is 19.2. The zero-order chi connectivity index (χ0) is 35.5. The zero-order valence-electron chi connectivity index (χ0n) is 29.8. The molecule has 53 heavy (non-hydrogen) atoms. The van der Waals surface area contributed by atoms with Crippen molar-refractivity contribution < 1.29 is 0 Å². The van der Waals surface area contributed by atoms with E-state index in [2.05, 4.69) is 207 Å². The molecule has 0 atom stereocenters. The lowest BCUT2D eigenvalue weighted by Crippen LogP contribution is -2.15. The third kappa shape index (κ3) is 5.37. The molecule has 2 heteroatoms. The van der Waals surface area contributed by atoms with Gasteiger partial charge in [0.25, 0.3) is 0 Å². The zero-order valence-corrected chi connectivity index (χ0v) is 30.6. The minimum absolute atomic E-state index is 0.0491. The van der Waals surface area contributed by atoms with Crippen LogP contribution in [0.15, 0.2) is 188 Å². The van der Waals surface area contributed by atoms with Crippen LogP contribution in [-0.4, -0.2) is 0 Å². The third-order valence-electron chi connectivity index (χ3n) is 11.0. The first kappa shape index (κ1) is 31.5. The summed E-state index contributed by atoms with van der Waals surface area (Å²) in [6.45, 7) is 4.77. The molecule has 0 aliphatic heterocycles. The quantitative estimate of drug-likeness (QED) is 0.167. The highest BCUT2D eigenvalue weighted by Gasteiger charge is 2.38. The smallest absolute Gasteiger partial charge is 0.0468 e. The molecule has 252 valence electrons. The highest BCUT2D eigenvalue weighted by molar-refractivity contribution is 7.22. The van der Waals surface area contributed by atoms with Crippen LogP contribution in [0.2, 0.25) is 0 Å². The van der Waals surface area contributed by atoms with Gasteiger partial charge in [0.05, 0.1) is 0 Å². The molecule has 9 aromatic rings. The molecule has 0 N–H and O–H groups in total. The third-order valence-corrected chi connectivity index (χ3v) is 12.2. The van der Waals surface area contributed by atoms with Crippen LogP contribution in [-0.2, 0) is 5.41 Å². The van der Waals surface area contributed by atoms with Gasteiger partial charge in [-0.15, -0.1) is 11.3 Å². The lowest BCUT2D eigenvalue weighted by molar-refractivity contribution is 0.667. The van der Waals surface area contributed by atoms with Crippen molar-refractivity contribution in [1.82, 2.24) is 0 Å². The van der Waals surface area contributed by atoms with E-state index in [1.165, 1.54) is 75.8 Å². The van der Waals surface area contributed by atoms with Crippen LogP contribution in [0.4, 0.5) is 17.1 Å². The molecule has 1 aliphatic rings. The number of nitrogens with zero attached hydrogens (tertiary/aromatic N) is 1. The Labute approximate surface area is 315 Å². The second kappa shape index (κ2) is 12.5. The van der Waals surface area contributed by atoms with Gasteiger partial charge >= 0.3 is 0 Å². The molecule has 0 saturated heterocycles. The van der Waals surface area contributed by atoms with E-state index in [1.54, 1.807) is 0 Å². The van der Waals surface area contributed by atoms with Crippen LogP contribution in [0.3, 0.4) is 0 Å². The van der Waals surface area contributed by atoms with Crippen molar-refractivity contribution in [3.05, 3.63) is 199 Å². The SMILES string of the molecule is CC1(C)c2cc(-c3cccc(-c4ccc(N(c5ccc(-c6ccccc6)cc5)c5ccc6ccccc6c5)cc4)c3)ccc2-c2sc3ccccc3c21. The van der Waals surface area contributed by atoms with Crippen molar-refractivity contribution in [2.24, 2.45) is 0 Å². The largest absolute Gasteiger partial charge is 0.310 e. The molecule has 10 rings (SSSR count). The van der Waals surface area contributed by atoms with Gasteiger partial charge < -0.3 is 4.90 Å². The van der Waals surface area contributed by atoms with Crippen LogP contribution >= 0.6 is 11.3 Å². The fourth-order valence-corrected chi connectivity index (χ4v) is 9.71. The molecule has 1 heterocycles. The Morgan fingerprint density at radius 1 is 0.415 bits per heavy atom. The van der Waals surface area contributed by atoms with E-state index in [4.69, 9.17) is 0 Å². The topological polar surface area (TPSA) is 3.24 Å². The molecule has 1 nitrogen and oxygen atoms in total. The second-order valence-corrected chi connectivity index (χ2v) is 15.6. The maximum Gasteiger partial charge on any atom is 0.0468 e. The van der Waals surface area contributed by atoms with Gasteiger partial charge in [0.1, 0.15) is 0 Å². The van der Waals surface area contributed by atoms with Crippen LogP contribution in [0.25, 0.3) is 64.7 Å². The van der Waals surface area contributed by atoms with E-state index in [1.807, 2.05) is 11.3 Å². The summed E-state index contributed by atoms with van der Waals surface area (Å²) >= 11 is 1.93.